The van der Waals surface area contributed by atoms with Gasteiger partial charge in [0.15, 0.2) is 11.5 Å². The van der Waals surface area contributed by atoms with Gasteiger partial charge in [-0.3, -0.25) is 14.5 Å². The van der Waals surface area contributed by atoms with E-state index in [-0.39, 0.29) is 18.6 Å². The smallest absolute Gasteiger partial charge is 0.247 e. The number of aliphatic hydroxyl groups excluding tert-OH is 1. The van der Waals surface area contributed by atoms with Gasteiger partial charge in [0.25, 0.3) is 0 Å². The number of ether oxygens (including phenoxy) is 2. The Morgan fingerprint density at radius 3 is 2.40 bits per heavy atom. The highest BCUT2D eigenvalue weighted by atomic mass is 16.7. The van der Waals surface area contributed by atoms with E-state index in [0.29, 0.717) is 13.1 Å². The number of carbonyl (C=O) groups is 2. The van der Waals surface area contributed by atoms with Crippen molar-refractivity contribution in [2.24, 2.45) is 0 Å². The van der Waals surface area contributed by atoms with Gasteiger partial charge in [0.2, 0.25) is 18.6 Å². The van der Waals surface area contributed by atoms with E-state index in [1.54, 1.807) is 4.90 Å². The van der Waals surface area contributed by atoms with Crippen molar-refractivity contribution in [1.82, 2.24) is 15.1 Å². The fraction of sp³-hybridized carbons (Fsp3) is 0.481. The Kier molecular flexibility index (Phi) is 6.92. The van der Waals surface area contributed by atoms with Crippen LogP contribution < -0.4 is 14.8 Å². The molecule has 186 valence electrons. The minimum atomic E-state index is -0.927. The summed E-state index contributed by atoms with van der Waals surface area (Å²) in [6.07, 6.45) is 3.47. The SMILES string of the molecule is O=C([C@H](CO)NC(=O)C1(c2ccccc2)CCCC1)N1CCN(Cc2ccc3c(c2)OCO3)CC1. The Morgan fingerprint density at radius 1 is 0.971 bits per heavy atom. The molecule has 8 heteroatoms. The highest BCUT2D eigenvalue weighted by Gasteiger charge is 2.44. The second-order valence-electron chi connectivity index (χ2n) is 9.65. The third-order valence-corrected chi connectivity index (χ3v) is 7.53. The maximum Gasteiger partial charge on any atom is 0.247 e. The van der Waals surface area contributed by atoms with Crippen LogP contribution in [0.25, 0.3) is 0 Å². The van der Waals surface area contributed by atoms with Crippen LogP contribution in [0.2, 0.25) is 0 Å². The summed E-state index contributed by atoms with van der Waals surface area (Å²) in [6, 6.07) is 14.8. The van der Waals surface area contributed by atoms with Gasteiger partial charge in [-0.05, 0) is 36.1 Å². The molecule has 2 aliphatic heterocycles. The van der Waals surface area contributed by atoms with Crippen molar-refractivity contribution in [3.05, 3.63) is 59.7 Å². The zero-order valence-electron chi connectivity index (χ0n) is 19.9. The van der Waals surface area contributed by atoms with Crippen molar-refractivity contribution in [2.45, 2.75) is 43.7 Å². The molecular formula is C27H33N3O5. The first-order valence-electron chi connectivity index (χ1n) is 12.5. The minimum Gasteiger partial charge on any atom is -0.454 e. The van der Waals surface area contributed by atoms with Crippen LogP contribution in [0.5, 0.6) is 11.5 Å². The Labute approximate surface area is 205 Å². The molecule has 1 saturated carbocycles. The molecule has 2 heterocycles. The molecule has 5 rings (SSSR count). The lowest BCUT2D eigenvalue weighted by molar-refractivity contribution is -0.140. The quantitative estimate of drug-likeness (QED) is 0.632. The summed E-state index contributed by atoms with van der Waals surface area (Å²) >= 11 is 0. The fourth-order valence-corrected chi connectivity index (χ4v) is 5.51. The van der Waals surface area contributed by atoms with E-state index in [0.717, 1.165) is 67.9 Å². The van der Waals surface area contributed by atoms with Gasteiger partial charge in [0.05, 0.1) is 12.0 Å². The second kappa shape index (κ2) is 10.3. The topological polar surface area (TPSA) is 91.3 Å². The number of benzene rings is 2. The molecule has 0 spiro atoms. The predicted molar refractivity (Wildman–Crippen MR) is 130 cm³/mol. The van der Waals surface area contributed by atoms with E-state index in [1.807, 2.05) is 48.5 Å². The molecule has 0 radical (unpaired) electrons. The number of nitrogens with zero attached hydrogens (tertiary/aromatic N) is 2. The van der Waals surface area contributed by atoms with Crippen LogP contribution in [-0.2, 0) is 21.5 Å². The Balaban J connectivity index is 1.18. The van der Waals surface area contributed by atoms with Crippen LogP contribution >= 0.6 is 0 Å². The monoisotopic (exact) mass is 479 g/mol. The molecule has 0 aromatic heterocycles. The van der Waals surface area contributed by atoms with Crippen LogP contribution in [0, 0.1) is 0 Å². The van der Waals surface area contributed by atoms with Gasteiger partial charge < -0.3 is 24.8 Å². The summed E-state index contributed by atoms with van der Waals surface area (Å²) < 4.78 is 10.8. The number of carbonyl (C=O) groups excluding carboxylic acids is 2. The number of amides is 2. The normalized spacial score (nSPS) is 20.0. The van der Waals surface area contributed by atoms with Crippen LogP contribution in [-0.4, -0.2) is 72.3 Å². The number of rotatable bonds is 7. The molecule has 35 heavy (non-hydrogen) atoms. The summed E-state index contributed by atoms with van der Waals surface area (Å²) in [5.74, 6) is 1.17. The van der Waals surface area contributed by atoms with E-state index in [2.05, 4.69) is 10.2 Å². The lowest BCUT2D eigenvalue weighted by atomic mass is 9.78. The fourth-order valence-electron chi connectivity index (χ4n) is 5.51. The maximum absolute atomic E-state index is 13.4. The molecule has 2 fully saturated rings. The molecule has 1 atom stereocenters. The first kappa shape index (κ1) is 23.6. The zero-order valence-corrected chi connectivity index (χ0v) is 19.9. The summed E-state index contributed by atoms with van der Waals surface area (Å²) in [6.45, 7) is 3.17. The summed E-state index contributed by atoms with van der Waals surface area (Å²) in [5.41, 5.74) is 1.49. The molecule has 0 unspecified atom stereocenters. The summed E-state index contributed by atoms with van der Waals surface area (Å²) in [5, 5.41) is 12.9. The molecule has 8 nitrogen and oxygen atoms in total. The van der Waals surface area contributed by atoms with E-state index < -0.39 is 18.1 Å². The molecule has 2 aromatic rings. The average molecular weight is 480 g/mol. The van der Waals surface area contributed by atoms with Gasteiger partial charge >= 0.3 is 0 Å². The zero-order chi connectivity index (χ0) is 24.3. The van der Waals surface area contributed by atoms with E-state index in [4.69, 9.17) is 9.47 Å². The molecule has 1 aliphatic carbocycles. The van der Waals surface area contributed by atoms with Gasteiger partial charge in [-0.1, -0.05) is 49.2 Å². The van der Waals surface area contributed by atoms with E-state index in [1.165, 1.54) is 0 Å². The van der Waals surface area contributed by atoms with Crippen LogP contribution in [0.3, 0.4) is 0 Å². The van der Waals surface area contributed by atoms with E-state index in [9.17, 15) is 14.7 Å². The van der Waals surface area contributed by atoms with Crippen LogP contribution in [0.4, 0.5) is 0 Å². The number of piperazine rings is 1. The average Bonchev–Trinajstić information content (AvgIpc) is 3.58. The third kappa shape index (κ3) is 4.86. The van der Waals surface area contributed by atoms with Gasteiger partial charge in [0.1, 0.15) is 6.04 Å². The minimum absolute atomic E-state index is 0.157. The largest absolute Gasteiger partial charge is 0.454 e. The van der Waals surface area contributed by atoms with Crippen molar-refractivity contribution < 1.29 is 24.2 Å². The number of hydrogen-bond acceptors (Lipinski definition) is 6. The van der Waals surface area contributed by atoms with Gasteiger partial charge in [-0.15, -0.1) is 0 Å². The molecule has 3 aliphatic rings. The van der Waals surface area contributed by atoms with Crippen molar-refractivity contribution in [3.63, 3.8) is 0 Å². The van der Waals surface area contributed by atoms with E-state index >= 15 is 0 Å². The lowest BCUT2D eigenvalue weighted by Crippen LogP contribution is -2.58. The summed E-state index contributed by atoms with van der Waals surface area (Å²) in [7, 11) is 0. The molecule has 2 N–H and O–H groups in total. The Morgan fingerprint density at radius 2 is 1.69 bits per heavy atom. The Bertz CT molecular complexity index is 1050. The lowest BCUT2D eigenvalue weighted by Gasteiger charge is -2.37. The first-order valence-corrected chi connectivity index (χ1v) is 12.5. The highest BCUT2D eigenvalue weighted by Crippen LogP contribution is 2.41. The molecular weight excluding hydrogens is 446 g/mol. The highest BCUT2D eigenvalue weighted by molar-refractivity contribution is 5.93. The van der Waals surface area contributed by atoms with Gasteiger partial charge in [-0.25, -0.2) is 0 Å². The summed E-state index contributed by atoms with van der Waals surface area (Å²) in [4.78, 5) is 30.7. The number of aliphatic hydroxyl groups is 1. The first-order chi connectivity index (χ1) is 17.1. The predicted octanol–water partition coefficient (Wildman–Crippen LogP) is 2.05. The third-order valence-electron chi connectivity index (χ3n) is 7.53. The van der Waals surface area contributed by atoms with Gasteiger partial charge in [-0.2, -0.15) is 0 Å². The molecule has 2 amide bonds. The maximum atomic E-state index is 13.4. The van der Waals surface area contributed by atoms with Crippen LogP contribution in [0.1, 0.15) is 36.8 Å². The molecule has 2 aromatic carbocycles. The Hall–Kier alpha value is -3.10. The standard InChI is InChI=1S/C27H33N3O5/c31-18-22(28-26(33)27(10-4-5-11-27)21-6-2-1-3-7-21)25(32)30-14-12-29(13-15-30)17-20-8-9-23-24(16-20)35-19-34-23/h1-3,6-9,16,22,31H,4-5,10-15,17-19H2,(H,28,33)/t22-/m0/s1. The number of hydrogen-bond donors (Lipinski definition) is 2. The molecule has 0 bridgehead atoms. The number of fused-ring (bicyclic) bond motifs is 1. The molecule has 1 saturated heterocycles. The second-order valence-corrected chi connectivity index (χ2v) is 9.65. The van der Waals surface area contributed by atoms with Gasteiger partial charge in [0, 0.05) is 32.7 Å². The number of nitrogens with one attached hydrogen (secondary N) is 1. The van der Waals surface area contributed by atoms with Crippen LogP contribution in [0.15, 0.2) is 48.5 Å². The van der Waals surface area contributed by atoms with Crippen molar-refractivity contribution in [2.75, 3.05) is 39.6 Å². The van der Waals surface area contributed by atoms with Crippen molar-refractivity contribution >= 4 is 11.8 Å². The van der Waals surface area contributed by atoms with Crippen molar-refractivity contribution in [3.8, 4) is 11.5 Å². The van der Waals surface area contributed by atoms with Crippen molar-refractivity contribution in [1.29, 1.82) is 0 Å².